The average molecular weight is 502 g/mol. The van der Waals surface area contributed by atoms with Gasteiger partial charge in [0.15, 0.2) is 0 Å². The normalized spacial score (nSPS) is 21.1. The van der Waals surface area contributed by atoms with Crippen LogP contribution in [0.1, 0.15) is 24.8 Å². The standard InChI is InChI=1S/C20H23ClF3N7O3/c21-12-8-26-19(27-9-12)31-5-3-30(4-6-31)16(32)7-13-1-2-14(34-13)10-25-15-11-28-29-18(33)17(15)20(22,23)24/h8-9,11,13-14H,1-7,10H2,(H2,25,29,33)/t13-,14+/m1/s1. The molecule has 0 saturated carbocycles. The van der Waals surface area contributed by atoms with Crippen LogP contribution in [0.5, 0.6) is 0 Å². The van der Waals surface area contributed by atoms with Crippen LogP contribution in [0.3, 0.4) is 0 Å². The zero-order valence-electron chi connectivity index (χ0n) is 18.0. The number of aromatic nitrogens is 4. The SMILES string of the molecule is O=C(C[C@H]1CC[C@@H](CNc2cn[nH]c(=O)c2C(F)(F)F)O1)N1CCN(c2ncc(Cl)cn2)CC1. The fourth-order valence-electron chi connectivity index (χ4n) is 4.07. The van der Waals surface area contributed by atoms with Gasteiger partial charge in [0.2, 0.25) is 11.9 Å². The summed E-state index contributed by atoms with van der Waals surface area (Å²) in [5.41, 5.74) is -3.03. The summed E-state index contributed by atoms with van der Waals surface area (Å²) in [6, 6.07) is 0. The lowest BCUT2D eigenvalue weighted by atomic mass is 10.1. The molecule has 4 heterocycles. The van der Waals surface area contributed by atoms with Crippen LogP contribution in [0.4, 0.5) is 24.8 Å². The summed E-state index contributed by atoms with van der Waals surface area (Å²) in [6.07, 6.45) is -0.104. The number of nitrogens with one attached hydrogen (secondary N) is 2. The van der Waals surface area contributed by atoms with Crippen LogP contribution in [0.2, 0.25) is 5.02 Å². The summed E-state index contributed by atoms with van der Waals surface area (Å²) in [5.74, 6) is 0.531. The number of carbonyl (C=O) groups excluding carboxylic acids is 1. The number of amides is 1. The van der Waals surface area contributed by atoms with Crippen LogP contribution < -0.4 is 15.8 Å². The Morgan fingerprint density at radius 1 is 1.15 bits per heavy atom. The van der Waals surface area contributed by atoms with E-state index in [0.717, 1.165) is 6.20 Å². The van der Waals surface area contributed by atoms with E-state index >= 15 is 0 Å². The van der Waals surface area contributed by atoms with Gasteiger partial charge < -0.3 is 19.9 Å². The Balaban J connectivity index is 1.23. The smallest absolute Gasteiger partial charge is 0.380 e. The lowest BCUT2D eigenvalue weighted by molar-refractivity contribution is -0.138. The second-order valence-corrected chi connectivity index (χ2v) is 8.53. The first-order valence-corrected chi connectivity index (χ1v) is 11.1. The molecule has 10 nitrogen and oxygen atoms in total. The minimum absolute atomic E-state index is 0.0339. The molecule has 4 rings (SSSR count). The predicted molar refractivity (Wildman–Crippen MR) is 117 cm³/mol. The molecule has 2 aromatic heterocycles. The van der Waals surface area contributed by atoms with Crippen molar-refractivity contribution in [3.05, 3.63) is 39.5 Å². The van der Waals surface area contributed by atoms with Gasteiger partial charge in [-0.2, -0.15) is 18.3 Å². The van der Waals surface area contributed by atoms with Crippen molar-refractivity contribution in [3.8, 4) is 0 Å². The Morgan fingerprint density at radius 2 is 1.82 bits per heavy atom. The minimum atomic E-state index is -4.81. The van der Waals surface area contributed by atoms with Crippen molar-refractivity contribution < 1.29 is 22.7 Å². The predicted octanol–water partition coefficient (Wildman–Crippen LogP) is 1.93. The molecule has 0 radical (unpaired) electrons. The van der Waals surface area contributed by atoms with E-state index in [9.17, 15) is 22.8 Å². The maximum absolute atomic E-state index is 13.2. The van der Waals surface area contributed by atoms with Gasteiger partial charge in [-0.1, -0.05) is 11.6 Å². The summed E-state index contributed by atoms with van der Waals surface area (Å²) in [4.78, 5) is 36.4. The first kappa shape index (κ1) is 24.2. The average Bonchev–Trinajstić information content (AvgIpc) is 3.24. The van der Waals surface area contributed by atoms with Crippen LogP contribution in [0, 0.1) is 0 Å². The molecule has 184 valence electrons. The summed E-state index contributed by atoms with van der Waals surface area (Å²) >= 11 is 5.81. The molecular formula is C20H23ClF3N7O3. The number of nitrogens with zero attached hydrogens (tertiary/aromatic N) is 5. The number of ether oxygens (including phenoxy) is 1. The number of H-pyrrole nitrogens is 1. The van der Waals surface area contributed by atoms with Crippen molar-refractivity contribution >= 4 is 29.1 Å². The zero-order chi connectivity index (χ0) is 24.3. The highest BCUT2D eigenvalue weighted by Crippen LogP contribution is 2.32. The highest BCUT2D eigenvalue weighted by molar-refractivity contribution is 6.30. The molecule has 0 aromatic carbocycles. The molecule has 2 fully saturated rings. The summed E-state index contributed by atoms with van der Waals surface area (Å²) in [6.45, 7) is 2.31. The number of carbonyl (C=O) groups is 1. The molecule has 2 saturated heterocycles. The molecule has 14 heteroatoms. The molecule has 2 N–H and O–H groups in total. The Kier molecular flexibility index (Phi) is 7.22. The van der Waals surface area contributed by atoms with Crippen molar-refractivity contribution in [2.24, 2.45) is 0 Å². The fourth-order valence-corrected chi connectivity index (χ4v) is 4.16. The summed E-state index contributed by atoms with van der Waals surface area (Å²) in [7, 11) is 0. The quantitative estimate of drug-likeness (QED) is 0.617. The van der Waals surface area contributed by atoms with Gasteiger partial charge in [-0.25, -0.2) is 15.1 Å². The number of aromatic amines is 1. The van der Waals surface area contributed by atoms with Gasteiger partial charge in [0.05, 0.1) is 47.9 Å². The topological polar surface area (TPSA) is 116 Å². The molecule has 2 aliphatic rings. The number of alkyl halides is 3. The second kappa shape index (κ2) is 10.1. The van der Waals surface area contributed by atoms with Gasteiger partial charge in [-0.05, 0) is 12.8 Å². The van der Waals surface area contributed by atoms with Gasteiger partial charge >= 0.3 is 6.18 Å². The minimum Gasteiger partial charge on any atom is -0.380 e. The van der Waals surface area contributed by atoms with Crippen molar-refractivity contribution in [2.75, 3.05) is 42.9 Å². The van der Waals surface area contributed by atoms with Crippen molar-refractivity contribution in [1.82, 2.24) is 25.1 Å². The van der Waals surface area contributed by atoms with E-state index in [-0.39, 0.29) is 31.1 Å². The molecule has 0 bridgehead atoms. The molecule has 2 aromatic rings. The zero-order valence-corrected chi connectivity index (χ0v) is 18.8. The van der Waals surface area contributed by atoms with E-state index in [1.807, 2.05) is 4.90 Å². The van der Waals surface area contributed by atoms with Crippen molar-refractivity contribution in [3.63, 3.8) is 0 Å². The van der Waals surface area contributed by atoms with E-state index < -0.39 is 23.0 Å². The van der Waals surface area contributed by atoms with Gasteiger partial charge in [0, 0.05) is 32.7 Å². The second-order valence-electron chi connectivity index (χ2n) is 8.10. The van der Waals surface area contributed by atoms with E-state index in [4.69, 9.17) is 16.3 Å². The monoisotopic (exact) mass is 501 g/mol. The Labute approximate surface area is 197 Å². The van der Waals surface area contributed by atoms with Crippen molar-refractivity contribution in [2.45, 2.75) is 37.6 Å². The number of halogens is 4. The van der Waals surface area contributed by atoms with E-state index in [2.05, 4.69) is 20.4 Å². The Bertz CT molecular complexity index is 1060. The molecule has 2 atom stereocenters. The van der Waals surface area contributed by atoms with Crippen LogP contribution >= 0.6 is 11.6 Å². The molecule has 0 spiro atoms. The summed E-state index contributed by atoms with van der Waals surface area (Å²) < 4.78 is 45.3. The number of anilines is 2. The first-order valence-electron chi connectivity index (χ1n) is 10.7. The lowest BCUT2D eigenvalue weighted by Gasteiger charge is -2.35. The van der Waals surface area contributed by atoms with E-state index in [1.165, 1.54) is 12.4 Å². The van der Waals surface area contributed by atoms with Gasteiger partial charge in [0.1, 0.15) is 5.56 Å². The molecule has 0 aliphatic carbocycles. The van der Waals surface area contributed by atoms with Gasteiger partial charge in [0.25, 0.3) is 5.56 Å². The van der Waals surface area contributed by atoms with Gasteiger partial charge in [-0.3, -0.25) is 9.59 Å². The highest BCUT2D eigenvalue weighted by atomic mass is 35.5. The maximum Gasteiger partial charge on any atom is 0.423 e. The third-order valence-electron chi connectivity index (χ3n) is 5.78. The van der Waals surface area contributed by atoms with Crippen LogP contribution in [0.25, 0.3) is 0 Å². The lowest BCUT2D eigenvalue weighted by Crippen LogP contribution is -2.49. The number of hydrogen-bond donors (Lipinski definition) is 2. The third-order valence-corrected chi connectivity index (χ3v) is 5.97. The maximum atomic E-state index is 13.2. The van der Waals surface area contributed by atoms with Crippen LogP contribution in [0.15, 0.2) is 23.4 Å². The fraction of sp³-hybridized carbons (Fsp3) is 0.550. The molecular weight excluding hydrogens is 479 g/mol. The highest BCUT2D eigenvalue weighted by Gasteiger charge is 2.38. The number of rotatable bonds is 6. The van der Waals surface area contributed by atoms with Crippen LogP contribution in [-0.4, -0.2) is 75.9 Å². The van der Waals surface area contributed by atoms with E-state index in [1.54, 1.807) is 10.00 Å². The van der Waals surface area contributed by atoms with E-state index in [0.29, 0.717) is 50.0 Å². The molecule has 34 heavy (non-hydrogen) atoms. The molecule has 2 aliphatic heterocycles. The number of hydrogen-bond acceptors (Lipinski definition) is 8. The molecule has 0 unspecified atom stereocenters. The largest absolute Gasteiger partial charge is 0.423 e. The van der Waals surface area contributed by atoms with Crippen LogP contribution in [-0.2, 0) is 15.7 Å². The Hall–Kier alpha value is -2.93. The third kappa shape index (κ3) is 5.76. The van der Waals surface area contributed by atoms with Crippen molar-refractivity contribution in [1.29, 1.82) is 0 Å². The Morgan fingerprint density at radius 3 is 2.50 bits per heavy atom. The number of piperazine rings is 1. The first-order chi connectivity index (χ1) is 16.2. The molecule has 1 amide bonds. The van der Waals surface area contributed by atoms with Gasteiger partial charge in [-0.15, -0.1) is 0 Å². The summed E-state index contributed by atoms with van der Waals surface area (Å²) in [5, 5.41) is 8.30.